The summed E-state index contributed by atoms with van der Waals surface area (Å²) in [5, 5.41) is 9.67. The highest BCUT2D eigenvalue weighted by molar-refractivity contribution is 6.33. The SMILES string of the molecule is CC=CCn1c(C)c(CCCCC)c2cnnc(Cl)c21. The molecule has 0 aliphatic heterocycles. The number of fused-ring (bicyclic) bond motifs is 1. The second kappa shape index (κ2) is 6.89. The normalized spacial score (nSPS) is 11.8. The third-order valence-electron chi connectivity index (χ3n) is 3.77. The molecule has 4 heteroatoms. The molecule has 20 heavy (non-hydrogen) atoms. The summed E-state index contributed by atoms with van der Waals surface area (Å²) in [5.41, 5.74) is 3.67. The first-order chi connectivity index (χ1) is 9.70. The Balaban J connectivity index is 2.51. The highest BCUT2D eigenvalue weighted by Crippen LogP contribution is 2.30. The van der Waals surface area contributed by atoms with Crippen LogP contribution in [0.4, 0.5) is 0 Å². The third kappa shape index (κ3) is 2.88. The predicted octanol–water partition coefficient (Wildman–Crippen LogP) is 4.70. The molecule has 0 aromatic carbocycles. The Kier molecular flexibility index (Phi) is 5.18. The van der Waals surface area contributed by atoms with Gasteiger partial charge in [0.15, 0.2) is 5.15 Å². The summed E-state index contributed by atoms with van der Waals surface area (Å²) < 4.78 is 2.24. The van der Waals surface area contributed by atoms with E-state index in [1.807, 2.05) is 13.1 Å². The van der Waals surface area contributed by atoms with Gasteiger partial charge in [-0.15, -0.1) is 5.10 Å². The van der Waals surface area contributed by atoms with Crippen molar-refractivity contribution in [3.8, 4) is 0 Å². The van der Waals surface area contributed by atoms with E-state index in [0.29, 0.717) is 5.15 Å². The number of allylic oxidation sites excluding steroid dienone is 2. The third-order valence-corrected chi connectivity index (χ3v) is 4.03. The lowest BCUT2D eigenvalue weighted by Crippen LogP contribution is -1.99. The van der Waals surface area contributed by atoms with Crippen LogP contribution in [0.2, 0.25) is 5.15 Å². The molecule has 0 N–H and O–H groups in total. The van der Waals surface area contributed by atoms with Crippen LogP contribution < -0.4 is 0 Å². The zero-order chi connectivity index (χ0) is 14.5. The van der Waals surface area contributed by atoms with Gasteiger partial charge in [-0.25, -0.2) is 0 Å². The molecular weight excluding hydrogens is 270 g/mol. The van der Waals surface area contributed by atoms with Crippen LogP contribution in [0.3, 0.4) is 0 Å². The van der Waals surface area contributed by atoms with Crippen molar-refractivity contribution in [1.29, 1.82) is 0 Å². The standard InChI is InChI=1S/C16H22ClN3/c1-4-6-8-9-13-12(3)20(10-7-5-2)15-14(13)11-18-19-16(15)17/h5,7,11H,4,6,8-10H2,1-3H3. The highest BCUT2D eigenvalue weighted by atomic mass is 35.5. The molecule has 0 amide bonds. The van der Waals surface area contributed by atoms with Crippen LogP contribution in [-0.4, -0.2) is 14.8 Å². The van der Waals surface area contributed by atoms with Crippen LogP contribution in [0, 0.1) is 6.92 Å². The number of rotatable bonds is 6. The molecule has 3 nitrogen and oxygen atoms in total. The maximum absolute atomic E-state index is 6.27. The van der Waals surface area contributed by atoms with E-state index in [2.05, 4.69) is 40.8 Å². The summed E-state index contributed by atoms with van der Waals surface area (Å²) in [7, 11) is 0. The van der Waals surface area contributed by atoms with Crippen LogP contribution in [0.1, 0.15) is 44.4 Å². The Morgan fingerprint density at radius 1 is 1.35 bits per heavy atom. The maximum atomic E-state index is 6.27. The molecule has 0 spiro atoms. The van der Waals surface area contributed by atoms with Crippen LogP contribution in [0.5, 0.6) is 0 Å². The van der Waals surface area contributed by atoms with Crippen LogP contribution in [0.15, 0.2) is 18.3 Å². The summed E-state index contributed by atoms with van der Waals surface area (Å²) in [4.78, 5) is 0. The maximum Gasteiger partial charge on any atom is 0.175 e. The van der Waals surface area contributed by atoms with Crippen molar-refractivity contribution in [2.75, 3.05) is 0 Å². The topological polar surface area (TPSA) is 30.7 Å². The fourth-order valence-corrected chi connectivity index (χ4v) is 2.91. The van der Waals surface area contributed by atoms with Crippen molar-refractivity contribution < 1.29 is 0 Å². The van der Waals surface area contributed by atoms with E-state index in [-0.39, 0.29) is 0 Å². The zero-order valence-electron chi connectivity index (χ0n) is 12.5. The Hall–Kier alpha value is -1.35. The number of nitrogens with zero attached hydrogens (tertiary/aromatic N) is 3. The van der Waals surface area contributed by atoms with E-state index in [1.54, 1.807) is 0 Å². The van der Waals surface area contributed by atoms with Crippen molar-refractivity contribution in [2.24, 2.45) is 0 Å². The molecule has 0 bridgehead atoms. The fourth-order valence-electron chi connectivity index (χ4n) is 2.67. The predicted molar refractivity (Wildman–Crippen MR) is 85.3 cm³/mol. The molecule has 0 saturated heterocycles. The monoisotopic (exact) mass is 291 g/mol. The van der Waals surface area contributed by atoms with E-state index >= 15 is 0 Å². The Bertz CT molecular complexity index is 614. The molecule has 0 radical (unpaired) electrons. The number of halogens is 1. The van der Waals surface area contributed by atoms with Gasteiger partial charge >= 0.3 is 0 Å². The van der Waals surface area contributed by atoms with Gasteiger partial charge in [-0.1, -0.05) is 43.5 Å². The van der Waals surface area contributed by atoms with Gasteiger partial charge in [-0.2, -0.15) is 5.10 Å². The summed E-state index contributed by atoms with van der Waals surface area (Å²) >= 11 is 6.27. The summed E-state index contributed by atoms with van der Waals surface area (Å²) in [5.74, 6) is 0. The van der Waals surface area contributed by atoms with E-state index in [4.69, 9.17) is 11.6 Å². The van der Waals surface area contributed by atoms with Gasteiger partial charge in [0.25, 0.3) is 0 Å². The molecule has 2 aromatic heterocycles. The van der Waals surface area contributed by atoms with Crippen LogP contribution >= 0.6 is 11.6 Å². The molecule has 108 valence electrons. The largest absolute Gasteiger partial charge is 0.338 e. The van der Waals surface area contributed by atoms with Crippen molar-refractivity contribution >= 4 is 22.5 Å². The minimum atomic E-state index is 0.497. The Labute approximate surface area is 125 Å². The lowest BCUT2D eigenvalue weighted by molar-refractivity contribution is 0.711. The van der Waals surface area contributed by atoms with Crippen molar-refractivity contribution in [3.63, 3.8) is 0 Å². The Morgan fingerprint density at radius 3 is 2.85 bits per heavy atom. The number of aromatic nitrogens is 3. The Morgan fingerprint density at radius 2 is 2.15 bits per heavy atom. The van der Waals surface area contributed by atoms with E-state index in [0.717, 1.165) is 23.9 Å². The van der Waals surface area contributed by atoms with Gasteiger partial charge in [0.05, 0.1) is 11.7 Å². The molecule has 0 aliphatic rings. The molecule has 0 fully saturated rings. The lowest BCUT2D eigenvalue weighted by atomic mass is 10.1. The molecule has 2 heterocycles. The molecule has 0 aliphatic carbocycles. The van der Waals surface area contributed by atoms with Gasteiger partial charge in [0.1, 0.15) is 0 Å². The molecule has 2 aromatic rings. The van der Waals surface area contributed by atoms with E-state index in [1.165, 1.54) is 30.5 Å². The van der Waals surface area contributed by atoms with E-state index < -0.39 is 0 Å². The average molecular weight is 292 g/mol. The van der Waals surface area contributed by atoms with Gasteiger partial charge in [0, 0.05) is 17.6 Å². The van der Waals surface area contributed by atoms with Crippen molar-refractivity contribution in [3.05, 3.63) is 34.8 Å². The first kappa shape index (κ1) is 15.0. The summed E-state index contributed by atoms with van der Waals surface area (Å²) in [6.07, 6.45) is 10.8. The average Bonchev–Trinajstić information content (AvgIpc) is 2.71. The number of aryl methyl sites for hydroxylation is 1. The van der Waals surface area contributed by atoms with Crippen LogP contribution in [-0.2, 0) is 13.0 Å². The van der Waals surface area contributed by atoms with Gasteiger partial charge in [-0.3, -0.25) is 0 Å². The van der Waals surface area contributed by atoms with Gasteiger partial charge < -0.3 is 4.57 Å². The van der Waals surface area contributed by atoms with Crippen LogP contribution in [0.25, 0.3) is 10.9 Å². The number of hydrogen-bond acceptors (Lipinski definition) is 2. The first-order valence-corrected chi connectivity index (χ1v) is 7.68. The highest BCUT2D eigenvalue weighted by Gasteiger charge is 2.16. The summed E-state index contributed by atoms with van der Waals surface area (Å²) in [6.45, 7) is 7.26. The summed E-state index contributed by atoms with van der Waals surface area (Å²) in [6, 6.07) is 0. The molecule has 0 unspecified atom stereocenters. The molecule has 0 atom stereocenters. The second-order valence-electron chi connectivity index (χ2n) is 5.10. The van der Waals surface area contributed by atoms with Crippen molar-refractivity contribution in [1.82, 2.24) is 14.8 Å². The van der Waals surface area contributed by atoms with Gasteiger partial charge in [-0.05, 0) is 32.3 Å². The van der Waals surface area contributed by atoms with Crippen molar-refractivity contribution in [2.45, 2.75) is 53.0 Å². The molecule has 2 rings (SSSR count). The lowest BCUT2D eigenvalue weighted by Gasteiger charge is -2.06. The fraction of sp³-hybridized carbons (Fsp3) is 0.500. The second-order valence-corrected chi connectivity index (χ2v) is 5.46. The minimum Gasteiger partial charge on any atom is -0.338 e. The quantitative estimate of drug-likeness (QED) is 0.570. The number of unbranched alkanes of at least 4 members (excludes halogenated alkanes) is 2. The minimum absolute atomic E-state index is 0.497. The molecule has 0 saturated carbocycles. The molecular formula is C16H22ClN3. The van der Waals surface area contributed by atoms with Gasteiger partial charge in [0.2, 0.25) is 0 Å². The zero-order valence-corrected chi connectivity index (χ0v) is 13.2. The number of hydrogen-bond donors (Lipinski definition) is 0. The first-order valence-electron chi connectivity index (χ1n) is 7.30. The smallest absolute Gasteiger partial charge is 0.175 e. The van der Waals surface area contributed by atoms with E-state index in [9.17, 15) is 0 Å².